The molecule has 1 aromatic heterocycles. The molecule has 2 N–H and O–H groups in total. The fraction of sp³-hybridized carbons (Fsp3) is 0. The Kier molecular flexibility index (Phi) is 4.76. The minimum absolute atomic E-state index is 0.192. The van der Waals surface area contributed by atoms with Crippen molar-refractivity contribution in [2.24, 2.45) is 0 Å². The molecule has 0 aliphatic carbocycles. The van der Waals surface area contributed by atoms with Crippen LogP contribution in [-0.4, -0.2) is 21.8 Å². The predicted octanol–water partition coefficient (Wildman–Crippen LogP) is 4.13. The van der Waals surface area contributed by atoms with Gasteiger partial charge < -0.3 is 10.6 Å². The lowest BCUT2D eigenvalue weighted by Gasteiger charge is -2.12. The van der Waals surface area contributed by atoms with Gasteiger partial charge in [-0.2, -0.15) is 0 Å². The van der Waals surface area contributed by atoms with Gasteiger partial charge in [-0.3, -0.25) is 9.59 Å². The van der Waals surface area contributed by atoms with Crippen molar-refractivity contribution in [1.82, 2.24) is 9.97 Å². The topological polar surface area (TPSA) is 84.0 Å². The molecule has 0 aliphatic rings. The first-order valence-corrected chi connectivity index (χ1v) is 8.70. The van der Waals surface area contributed by atoms with Crippen molar-refractivity contribution in [2.45, 2.75) is 0 Å². The maximum Gasteiger partial charge on any atom is 0.256 e. The number of fused-ring (bicyclic) bond motifs is 1. The van der Waals surface area contributed by atoms with Crippen LogP contribution in [0.3, 0.4) is 0 Å². The smallest absolute Gasteiger partial charge is 0.256 e. The first kappa shape index (κ1) is 17.4. The number of benzene rings is 3. The number of carbonyl (C=O) groups excluding carboxylic acids is 2. The molecule has 0 spiro atoms. The Bertz CT molecular complexity index is 1050. The number of hydrogen-bond acceptors (Lipinski definition) is 4. The van der Waals surface area contributed by atoms with Gasteiger partial charge in [0.1, 0.15) is 0 Å². The van der Waals surface area contributed by atoms with Crippen LogP contribution in [0.5, 0.6) is 0 Å². The maximum absolute atomic E-state index is 12.6. The van der Waals surface area contributed by atoms with Crippen molar-refractivity contribution < 1.29 is 9.59 Å². The largest absolute Gasteiger partial charge is 0.303 e. The number of amides is 2. The second kappa shape index (κ2) is 7.67. The van der Waals surface area contributed by atoms with Crippen molar-refractivity contribution in [3.05, 3.63) is 96.1 Å². The number of carbonyl (C=O) groups is 2. The van der Waals surface area contributed by atoms with Gasteiger partial charge in [0.2, 0.25) is 0 Å². The quantitative estimate of drug-likeness (QED) is 0.567. The molecule has 0 bridgehead atoms. The van der Waals surface area contributed by atoms with Crippen molar-refractivity contribution in [1.29, 1.82) is 0 Å². The highest BCUT2D eigenvalue weighted by atomic mass is 16.2. The molecular weight excluding hydrogens is 352 g/mol. The van der Waals surface area contributed by atoms with Crippen LogP contribution in [0.25, 0.3) is 11.0 Å². The van der Waals surface area contributed by atoms with Crippen LogP contribution in [-0.2, 0) is 0 Å². The molecule has 0 saturated carbocycles. The van der Waals surface area contributed by atoms with E-state index < -0.39 is 0 Å². The van der Waals surface area contributed by atoms with E-state index >= 15 is 0 Å². The van der Waals surface area contributed by atoms with Crippen LogP contribution in [0.1, 0.15) is 20.7 Å². The lowest BCUT2D eigenvalue weighted by molar-refractivity contribution is 0.101. The van der Waals surface area contributed by atoms with E-state index in [2.05, 4.69) is 20.6 Å². The zero-order valence-electron chi connectivity index (χ0n) is 14.8. The first-order chi connectivity index (χ1) is 13.7. The molecule has 0 aliphatic heterocycles. The molecule has 3 aromatic carbocycles. The number of anilines is 2. The summed E-state index contributed by atoms with van der Waals surface area (Å²) in [6, 6.07) is 24.8. The molecule has 0 fully saturated rings. The highest BCUT2D eigenvalue weighted by Crippen LogP contribution is 2.22. The number of para-hydroxylation sites is 2. The summed E-state index contributed by atoms with van der Waals surface area (Å²) >= 11 is 0. The molecule has 6 nitrogen and oxygen atoms in total. The molecule has 28 heavy (non-hydrogen) atoms. The summed E-state index contributed by atoms with van der Waals surface area (Å²) in [6.45, 7) is 0. The minimum Gasteiger partial charge on any atom is -0.303 e. The summed E-state index contributed by atoms with van der Waals surface area (Å²) in [5, 5.41) is 5.50. The van der Waals surface area contributed by atoms with E-state index in [1.165, 1.54) is 0 Å². The normalized spacial score (nSPS) is 10.4. The average molecular weight is 368 g/mol. The Balaban J connectivity index is 1.70. The molecule has 0 unspecified atom stereocenters. The average Bonchev–Trinajstić information content (AvgIpc) is 2.75. The van der Waals surface area contributed by atoms with Gasteiger partial charge in [-0.05, 0) is 36.4 Å². The second-order valence-corrected chi connectivity index (χ2v) is 6.05. The van der Waals surface area contributed by atoms with Gasteiger partial charge in [-0.15, -0.1) is 0 Å². The summed E-state index contributed by atoms with van der Waals surface area (Å²) in [5.41, 5.74) is 2.20. The molecule has 0 atom stereocenters. The summed E-state index contributed by atoms with van der Waals surface area (Å²) < 4.78 is 0. The summed E-state index contributed by atoms with van der Waals surface area (Å²) in [4.78, 5) is 34.1. The molecular formula is C22H16N4O2. The van der Waals surface area contributed by atoms with E-state index in [-0.39, 0.29) is 23.5 Å². The fourth-order valence-corrected chi connectivity index (χ4v) is 2.71. The fourth-order valence-electron chi connectivity index (χ4n) is 2.71. The van der Waals surface area contributed by atoms with Gasteiger partial charge in [-0.1, -0.05) is 48.5 Å². The predicted molar refractivity (Wildman–Crippen MR) is 108 cm³/mol. The van der Waals surface area contributed by atoms with E-state index in [0.29, 0.717) is 22.2 Å². The first-order valence-electron chi connectivity index (χ1n) is 8.70. The summed E-state index contributed by atoms with van der Waals surface area (Å²) in [5.74, 6) is -0.283. The molecule has 2 amide bonds. The van der Waals surface area contributed by atoms with Crippen molar-refractivity contribution in [3.63, 3.8) is 0 Å². The van der Waals surface area contributed by atoms with E-state index in [0.717, 1.165) is 0 Å². The third kappa shape index (κ3) is 3.71. The molecule has 1 heterocycles. The van der Waals surface area contributed by atoms with Gasteiger partial charge in [0, 0.05) is 11.1 Å². The van der Waals surface area contributed by atoms with Crippen LogP contribution >= 0.6 is 0 Å². The highest BCUT2D eigenvalue weighted by molar-refractivity contribution is 6.09. The van der Waals surface area contributed by atoms with E-state index in [9.17, 15) is 9.59 Å². The molecule has 0 saturated heterocycles. The van der Waals surface area contributed by atoms with Crippen LogP contribution in [0, 0.1) is 0 Å². The van der Waals surface area contributed by atoms with Crippen molar-refractivity contribution in [3.8, 4) is 0 Å². The second-order valence-electron chi connectivity index (χ2n) is 6.05. The van der Waals surface area contributed by atoms with Crippen LogP contribution < -0.4 is 10.6 Å². The highest BCUT2D eigenvalue weighted by Gasteiger charge is 2.16. The summed E-state index contributed by atoms with van der Waals surface area (Å²) in [6.07, 6.45) is 0. The molecule has 6 heteroatoms. The monoisotopic (exact) mass is 368 g/mol. The third-order valence-electron chi connectivity index (χ3n) is 4.11. The van der Waals surface area contributed by atoms with Gasteiger partial charge in [-0.25, -0.2) is 9.97 Å². The molecule has 136 valence electrons. The Morgan fingerprint density at radius 1 is 0.536 bits per heavy atom. The van der Waals surface area contributed by atoms with Crippen LogP contribution in [0.15, 0.2) is 84.9 Å². The molecule has 4 aromatic rings. The van der Waals surface area contributed by atoms with Crippen molar-refractivity contribution >= 4 is 34.5 Å². The molecule has 4 rings (SSSR count). The van der Waals surface area contributed by atoms with Gasteiger partial charge in [0.25, 0.3) is 11.8 Å². The van der Waals surface area contributed by atoms with Gasteiger partial charge in [0.15, 0.2) is 11.6 Å². The van der Waals surface area contributed by atoms with Gasteiger partial charge in [0.05, 0.1) is 11.0 Å². The number of hydrogen-bond donors (Lipinski definition) is 2. The third-order valence-corrected chi connectivity index (χ3v) is 4.11. The Hall–Kier alpha value is -4.06. The SMILES string of the molecule is O=C(Nc1nc2ccccc2nc1NC(=O)c1ccccc1)c1ccccc1. The van der Waals surface area contributed by atoms with E-state index in [4.69, 9.17) is 0 Å². The Labute approximate surface area is 161 Å². The zero-order chi connectivity index (χ0) is 19.3. The number of nitrogens with zero attached hydrogens (tertiary/aromatic N) is 2. The zero-order valence-corrected chi connectivity index (χ0v) is 14.8. The van der Waals surface area contributed by atoms with E-state index in [1.807, 2.05) is 24.3 Å². The number of aromatic nitrogens is 2. The lowest BCUT2D eigenvalue weighted by atomic mass is 10.2. The standard InChI is InChI=1S/C22H16N4O2/c27-21(15-9-3-1-4-10-15)25-19-20(24-18-14-8-7-13-17(18)23-19)26-22(28)16-11-5-2-6-12-16/h1-14H,(H,23,25,27)(H,24,26,28). The number of nitrogens with one attached hydrogen (secondary N) is 2. The lowest BCUT2D eigenvalue weighted by Crippen LogP contribution is -2.19. The van der Waals surface area contributed by atoms with Crippen molar-refractivity contribution in [2.75, 3.05) is 10.6 Å². The molecule has 0 radical (unpaired) electrons. The summed E-state index contributed by atoms with van der Waals surface area (Å²) in [7, 11) is 0. The minimum atomic E-state index is -0.333. The number of rotatable bonds is 4. The van der Waals surface area contributed by atoms with Gasteiger partial charge >= 0.3 is 0 Å². The van der Waals surface area contributed by atoms with Crippen LogP contribution in [0.2, 0.25) is 0 Å². The Morgan fingerprint density at radius 2 is 0.893 bits per heavy atom. The van der Waals surface area contributed by atoms with E-state index in [1.54, 1.807) is 60.7 Å². The maximum atomic E-state index is 12.6. The van der Waals surface area contributed by atoms with Crippen LogP contribution in [0.4, 0.5) is 11.6 Å². The Morgan fingerprint density at radius 3 is 1.29 bits per heavy atom.